The van der Waals surface area contributed by atoms with Gasteiger partial charge in [0.05, 0.1) is 22.2 Å². The van der Waals surface area contributed by atoms with Crippen molar-refractivity contribution in [3.8, 4) is 11.5 Å². The molecule has 1 heterocycles. The molecule has 9 heteroatoms. The number of rotatable bonds is 6. The molecular formula is C24H16BrClFNO3S2. The van der Waals surface area contributed by atoms with Crippen LogP contribution >= 0.6 is 51.5 Å². The van der Waals surface area contributed by atoms with Gasteiger partial charge < -0.3 is 9.47 Å². The summed E-state index contributed by atoms with van der Waals surface area (Å²) in [5.41, 5.74) is 2.04. The maximum absolute atomic E-state index is 13.4. The van der Waals surface area contributed by atoms with Crippen LogP contribution in [-0.2, 0) is 11.4 Å². The van der Waals surface area contributed by atoms with Crippen LogP contribution in [0.3, 0.4) is 0 Å². The minimum Gasteiger partial charge on any atom is -0.493 e. The lowest BCUT2D eigenvalue weighted by molar-refractivity contribution is -0.113. The van der Waals surface area contributed by atoms with E-state index in [0.29, 0.717) is 41.5 Å². The van der Waals surface area contributed by atoms with Crippen molar-refractivity contribution in [2.45, 2.75) is 6.61 Å². The first-order valence-electron chi connectivity index (χ1n) is 9.64. The molecule has 0 atom stereocenters. The van der Waals surface area contributed by atoms with Gasteiger partial charge in [0.15, 0.2) is 15.8 Å². The average molecular weight is 565 g/mol. The van der Waals surface area contributed by atoms with Crippen molar-refractivity contribution in [1.29, 1.82) is 0 Å². The molecule has 4 rings (SSSR count). The number of anilines is 1. The van der Waals surface area contributed by atoms with Crippen LogP contribution in [0.15, 0.2) is 70.0 Å². The van der Waals surface area contributed by atoms with Crippen LogP contribution < -0.4 is 14.4 Å². The Morgan fingerprint density at radius 1 is 1.18 bits per heavy atom. The van der Waals surface area contributed by atoms with Crippen LogP contribution in [0.5, 0.6) is 11.5 Å². The lowest BCUT2D eigenvalue weighted by Crippen LogP contribution is -2.27. The lowest BCUT2D eigenvalue weighted by atomic mass is 10.1. The molecule has 0 aliphatic carbocycles. The van der Waals surface area contributed by atoms with Gasteiger partial charge in [-0.2, -0.15) is 0 Å². The van der Waals surface area contributed by atoms with Gasteiger partial charge in [0.1, 0.15) is 12.4 Å². The SMILES string of the molecule is COc1cc(/C=C2\SC(=S)N(c3cccc(Cl)c3)C2=O)cc(Br)c1OCc1cccc(F)c1. The van der Waals surface area contributed by atoms with Crippen LogP contribution in [0.2, 0.25) is 5.02 Å². The Hall–Kier alpha value is -2.39. The van der Waals surface area contributed by atoms with E-state index in [2.05, 4.69) is 15.9 Å². The quantitative estimate of drug-likeness (QED) is 0.233. The summed E-state index contributed by atoms with van der Waals surface area (Å²) in [5, 5.41) is 0.521. The standard InChI is InChI=1S/C24H16BrClFNO3S2/c1-30-20-10-15(9-19(25)22(20)31-13-14-4-2-6-17(27)8-14)11-21-23(29)28(24(32)33-21)18-7-3-5-16(26)12-18/h2-12H,13H2,1H3/b21-11-. The number of benzene rings is 3. The van der Waals surface area contributed by atoms with Gasteiger partial charge >= 0.3 is 0 Å². The summed E-state index contributed by atoms with van der Waals surface area (Å²) >= 11 is 16.2. The van der Waals surface area contributed by atoms with Gasteiger partial charge in [-0.05, 0) is 75.6 Å². The number of thiocarbonyl (C=S) groups is 1. The van der Waals surface area contributed by atoms with Crippen LogP contribution in [0.1, 0.15) is 11.1 Å². The monoisotopic (exact) mass is 563 g/mol. The van der Waals surface area contributed by atoms with Crippen molar-refractivity contribution in [2.75, 3.05) is 12.0 Å². The molecule has 4 nitrogen and oxygen atoms in total. The second-order valence-electron chi connectivity index (χ2n) is 6.95. The Kier molecular flexibility index (Phi) is 7.38. The third kappa shape index (κ3) is 5.41. The fourth-order valence-corrected chi connectivity index (χ4v) is 5.26. The molecule has 33 heavy (non-hydrogen) atoms. The van der Waals surface area contributed by atoms with E-state index in [1.165, 1.54) is 35.9 Å². The second kappa shape index (κ2) is 10.3. The zero-order valence-corrected chi connectivity index (χ0v) is 21.2. The third-order valence-electron chi connectivity index (χ3n) is 4.68. The first kappa shape index (κ1) is 23.8. The molecule has 3 aromatic carbocycles. The van der Waals surface area contributed by atoms with E-state index >= 15 is 0 Å². The number of hydrogen-bond acceptors (Lipinski definition) is 5. The summed E-state index contributed by atoms with van der Waals surface area (Å²) in [7, 11) is 1.53. The maximum Gasteiger partial charge on any atom is 0.270 e. The van der Waals surface area contributed by atoms with Gasteiger partial charge in [-0.15, -0.1) is 0 Å². The third-order valence-corrected chi connectivity index (χ3v) is 6.81. The highest BCUT2D eigenvalue weighted by molar-refractivity contribution is 9.10. The van der Waals surface area contributed by atoms with Crippen LogP contribution in [0, 0.1) is 5.82 Å². The van der Waals surface area contributed by atoms with E-state index in [9.17, 15) is 9.18 Å². The molecule has 0 bridgehead atoms. The topological polar surface area (TPSA) is 38.8 Å². The fraction of sp³-hybridized carbons (Fsp3) is 0.0833. The van der Waals surface area contributed by atoms with Gasteiger partial charge in [0.2, 0.25) is 0 Å². The van der Waals surface area contributed by atoms with Crippen molar-refractivity contribution in [3.63, 3.8) is 0 Å². The van der Waals surface area contributed by atoms with Gasteiger partial charge in [-0.3, -0.25) is 9.69 Å². The fourth-order valence-electron chi connectivity index (χ4n) is 3.20. The molecular weight excluding hydrogens is 549 g/mol. The van der Waals surface area contributed by atoms with Crippen molar-refractivity contribution in [2.24, 2.45) is 0 Å². The molecule has 0 spiro atoms. The van der Waals surface area contributed by atoms with E-state index in [-0.39, 0.29) is 18.3 Å². The summed E-state index contributed by atoms with van der Waals surface area (Å²) in [4.78, 5) is 15.0. The summed E-state index contributed by atoms with van der Waals surface area (Å²) in [6.07, 6.45) is 1.74. The Balaban J connectivity index is 1.58. The summed E-state index contributed by atoms with van der Waals surface area (Å²) < 4.78 is 25.9. The molecule has 0 radical (unpaired) electrons. The second-order valence-corrected chi connectivity index (χ2v) is 9.92. The Labute approximate surface area is 213 Å². The summed E-state index contributed by atoms with van der Waals surface area (Å²) in [5.74, 6) is 0.393. The van der Waals surface area contributed by atoms with E-state index < -0.39 is 0 Å². The van der Waals surface area contributed by atoms with E-state index in [0.717, 1.165) is 5.56 Å². The van der Waals surface area contributed by atoms with E-state index in [4.69, 9.17) is 33.3 Å². The average Bonchev–Trinajstić information content (AvgIpc) is 3.05. The molecule has 168 valence electrons. The van der Waals surface area contributed by atoms with E-state index in [1.54, 1.807) is 48.5 Å². The molecule has 0 unspecified atom stereocenters. The highest BCUT2D eigenvalue weighted by Crippen LogP contribution is 2.40. The lowest BCUT2D eigenvalue weighted by Gasteiger charge is -2.15. The number of nitrogens with zero attached hydrogens (tertiary/aromatic N) is 1. The molecule has 3 aromatic rings. The van der Waals surface area contributed by atoms with Gasteiger partial charge in [0.25, 0.3) is 5.91 Å². The number of carbonyl (C=O) groups is 1. The summed E-state index contributed by atoms with van der Waals surface area (Å²) in [6.45, 7) is 0.171. The normalized spacial score (nSPS) is 14.8. The number of ether oxygens (including phenoxy) is 2. The minimum atomic E-state index is -0.326. The zero-order valence-electron chi connectivity index (χ0n) is 17.2. The molecule has 1 fully saturated rings. The van der Waals surface area contributed by atoms with E-state index in [1.807, 2.05) is 6.07 Å². The molecule has 0 aromatic heterocycles. The van der Waals surface area contributed by atoms with Crippen molar-refractivity contribution < 1.29 is 18.7 Å². The Bertz CT molecular complexity index is 1280. The molecule has 1 aliphatic rings. The minimum absolute atomic E-state index is 0.171. The predicted molar refractivity (Wildman–Crippen MR) is 139 cm³/mol. The van der Waals surface area contributed by atoms with Crippen molar-refractivity contribution in [1.82, 2.24) is 0 Å². The number of hydrogen-bond donors (Lipinski definition) is 0. The van der Waals surface area contributed by atoms with Crippen LogP contribution in [-0.4, -0.2) is 17.3 Å². The number of halogens is 3. The van der Waals surface area contributed by atoms with Gasteiger partial charge in [0, 0.05) is 5.02 Å². The number of methoxy groups -OCH3 is 1. The number of amides is 1. The number of carbonyl (C=O) groups excluding carboxylic acids is 1. The molecule has 0 N–H and O–H groups in total. The highest BCUT2D eigenvalue weighted by atomic mass is 79.9. The van der Waals surface area contributed by atoms with Crippen molar-refractivity contribution in [3.05, 3.63) is 92.0 Å². The number of thioether (sulfide) groups is 1. The van der Waals surface area contributed by atoms with Crippen molar-refractivity contribution >= 4 is 73.5 Å². The molecule has 1 aliphatic heterocycles. The largest absolute Gasteiger partial charge is 0.493 e. The maximum atomic E-state index is 13.4. The first-order chi connectivity index (χ1) is 15.9. The zero-order chi connectivity index (χ0) is 23.5. The summed E-state index contributed by atoms with van der Waals surface area (Å²) in [6, 6.07) is 16.8. The molecule has 1 saturated heterocycles. The predicted octanol–water partition coefficient (Wildman–Crippen LogP) is 7.24. The van der Waals surface area contributed by atoms with Gasteiger partial charge in [-0.25, -0.2) is 4.39 Å². The molecule has 1 amide bonds. The van der Waals surface area contributed by atoms with Crippen LogP contribution in [0.25, 0.3) is 6.08 Å². The smallest absolute Gasteiger partial charge is 0.270 e. The van der Waals surface area contributed by atoms with Gasteiger partial charge in [-0.1, -0.05) is 53.8 Å². The first-order valence-corrected chi connectivity index (χ1v) is 12.0. The molecule has 0 saturated carbocycles. The Morgan fingerprint density at radius 3 is 2.70 bits per heavy atom. The van der Waals surface area contributed by atoms with Crippen LogP contribution in [0.4, 0.5) is 10.1 Å². The Morgan fingerprint density at radius 2 is 1.97 bits per heavy atom. The highest BCUT2D eigenvalue weighted by Gasteiger charge is 2.33.